The van der Waals surface area contributed by atoms with Gasteiger partial charge in [0, 0.05) is 10.6 Å². The van der Waals surface area contributed by atoms with Crippen molar-refractivity contribution in [3.8, 4) is 0 Å². The zero-order chi connectivity index (χ0) is 14.6. The van der Waals surface area contributed by atoms with Crippen LogP contribution in [0.4, 0.5) is 4.39 Å². The fourth-order valence-electron chi connectivity index (χ4n) is 1.93. The van der Waals surface area contributed by atoms with E-state index in [4.69, 9.17) is 17.3 Å². The number of hydrogen-bond donors (Lipinski definition) is 2. The molecule has 0 fully saturated rings. The summed E-state index contributed by atoms with van der Waals surface area (Å²) in [5.74, 6) is -0.397. The minimum absolute atomic E-state index is 0.286. The molecule has 0 aliphatic rings. The van der Waals surface area contributed by atoms with E-state index in [9.17, 15) is 9.18 Å². The monoisotopic (exact) mass is 286 g/mol. The molecule has 0 heterocycles. The summed E-state index contributed by atoms with van der Waals surface area (Å²) >= 11 is 5.95. The number of halogens is 2. The van der Waals surface area contributed by atoms with E-state index in [1.807, 2.05) is 13.8 Å². The molecule has 1 rings (SSSR count). The summed E-state index contributed by atoms with van der Waals surface area (Å²) in [6.45, 7) is 5.67. The third-order valence-electron chi connectivity index (χ3n) is 2.85. The Bertz CT molecular complexity index is 431. The highest BCUT2D eigenvalue weighted by Crippen LogP contribution is 2.25. The highest BCUT2D eigenvalue weighted by atomic mass is 35.5. The Morgan fingerprint density at radius 1 is 1.42 bits per heavy atom. The third-order valence-corrected chi connectivity index (χ3v) is 3.18. The molecular formula is C14H20ClFN2O. The Labute approximate surface area is 118 Å². The van der Waals surface area contributed by atoms with Crippen molar-refractivity contribution in [1.82, 2.24) is 5.32 Å². The molecule has 106 valence electrons. The Morgan fingerprint density at radius 2 is 2.05 bits per heavy atom. The van der Waals surface area contributed by atoms with Crippen LogP contribution in [0.5, 0.6) is 0 Å². The fraction of sp³-hybridized carbons (Fsp3) is 0.500. The molecule has 0 spiro atoms. The molecule has 0 saturated heterocycles. The predicted octanol–water partition coefficient (Wildman–Crippen LogP) is 3.03. The van der Waals surface area contributed by atoms with Gasteiger partial charge in [-0.05, 0) is 31.4 Å². The standard InChI is InChI=1S/C14H20ClFN2O/c1-8(2)7-12(17)14(19)18-9(3)13-10(15)5-4-6-11(13)16/h4-6,8-9,12H,7,17H2,1-3H3,(H,18,19)/t9?,12-/m0/s1. The van der Waals surface area contributed by atoms with Gasteiger partial charge in [0.2, 0.25) is 5.91 Å². The van der Waals surface area contributed by atoms with Crippen molar-refractivity contribution in [2.45, 2.75) is 39.3 Å². The molecule has 0 aromatic heterocycles. The Morgan fingerprint density at radius 3 is 2.58 bits per heavy atom. The molecule has 2 atom stereocenters. The van der Waals surface area contributed by atoms with Crippen LogP contribution in [0.25, 0.3) is 0 Å². The topological polar surface area (TPSA) is 55.1 Å². The lowest BCUT2D eigenvalue weighted by molar-refractivity contribution is -0.123. The molecule has 1 aromatic carbocycles. The quantitative estimate of drug-likeness (QED) is 0.874. The van der Waals surface area contributed by atoms with Crippen molar-refractivity contribution in [2.75, 3.05) is 0 Å². The van der Waals surface area contributed by atoms with Crippen molar-refractivity contribution in [3.63, 3.8) is 0 Å². The third kappa shape index (κ3) is 4.48. The van der Waals surface area contributed by atoms with Crippen LogP contribution in [0.1, 0.15) is 38.8 Å². The van der Waals surface area contributed by atoms with Gasteiger partial charge in [-0.25, -0.2) is 4.39 Å². The van der Waals surface area contributed by atoms with Gasteiger partial charge in [0.05, 0.1) is 12.1 Å². The van der Waals surface area contributed by atoms with Crippen LogP contribution in [0.3, 0.4) is 0 Å². The van der Waals surface area contributed by atoms with Gasteiger partial charge < -0.3 is 11.1 Å². The smallest absolute Gasteiger partial charge is 0.237 e. The van der Waals surface area contributed by atoms with Crippen LogP contribution < -0.4 is 11.1 Å². The SMILES string of the molecule is CC(C)C[C@H](N)C(=O)NC(C)c1c(F)cccc1Cl. The molecule has 1 amide bonds. The average Bonchev–Trinajstić information content (AvgIpc) is 2.27. The molecule has 0 aliphatic heterocycles. The van der Waals surface area contributed by atoms with Crippen LogP contribution in [-0.4, -0.2) is 11.9 Å². The maximum atomic E-state index is 13.7. The number of carbonyl (C=O) groups excluding carboxylic acids is 1. The zero-order valence-electron chi connectivity index (χ0n) is 11.4. The van der Waals surface area contributed by atoms with E-state index in [0.29, 0.717) is 17.4 Å². The number of carbonyl (C=O) groups is 1. The lowest BCUT2D eigenvalue weighted by atomic mass is 10.0. The van der Waals surface area contributed by atoms with Crippen molar-refractivity contribution < 1.29 is 9.18 Å². The van der Waals surface area contributed by atoms with Crippen molar-refractivity contribution in [2.24, 2.45) is 11.7 Å². The van der Waals surface area contributed by atoms with E-state index < -0.39 is 17.9 Å². The summed E-state index contributed by atoms with van der Waals surface area (Å²) in [5.41, 5.74) is 6.07. The molecule has 1 unspecified atom stereocenters. The van der Waals surface area contributed by atoms with Crippen LogP contribution in [0.2, 0.25) is 5.02 Å². The summed E-state index contributed by atoms with van der Waals surface area (Å²) in [7, 11) is 0. The van der Waals surface area contributed by atoms with Crippen molar-refractivity contribution in [1.29, 1.82) is 0 Å². The van der Waals surface area contributed by atoms with Crippen LogP contribution in [0, 0.1) is 11.7 Å². The highest BCUT2D eigenvalue weighted by molar-refractivity contribution is 6.31. The Kier molecular flexibility index (Phi) is 5.76. The van der Waals surface area contributed by atoms with Crippen LogP contribution >= 0.6 is 11.6 Å². The Balaban J connectivity index is 2.74. The number of hydrogen-bond acceptors (Lipinski definition) is 2. The van der Waals surface area contributed by atoms with Crippen LogP contribution in [-0.2, 0) is 4.79 Å². The molecule has 3 N–H and O–H groups in total. The summed E-state index contributed by atoms with van der Waals surface area (Å²) in [4.78, 5) is 11.9. The summed E-state index contributed by atoms with van der Waals surface area (Å²) in [5, 5.41) is 2.99. The number of benzene rings is 1. The van der Waals surface area contributed by atoms with Gasteiger partial charge >= 0.3 is 0 Å². The van der Waals surface area contributed by atoms with Crippen molar-refractivity contribution >= 4 is 17.5 Å². The molecular weight excluding hydrogens is 267 g/mol. The van der Waals surface area contributed by atoms with Gasteiger partial charge in [-0.1, -0.05) is 31.5 Å². The zero-order valence-corrected chi connectivity index (χ0v) is 12.2. The first kappa shape index (κ1) is 15.9. The van der Waals surface area contributed by atoms with Gasteiger partial charge in [-0.2, -0.15) is 0 Å². The second-order valence-electron chi connectivity index (χ2n) is 5.10. The lowest BCUT2D eigenvalue weighted by Gasteiger charge is -2.20. The first-order valence-corrected chi connectivity index (χ1v) is 6.70. The first-order chi connectivity index (χ1) is 8.82. The number of nitrogens with one attached hydrogen (secondary N) is 1. The van der Waals surface area contributed by atoms with E-state index in [2.05, 4.69) is 5.32 Å². The Hall–Kier alpha value is -1.13. The number of amides is 1. The molecule has 19 heavy (non-hydrogen) atoms. The van der Waals surface area contributed by atoms with Crippen molar-refractivity contribution in [3.05, 3.63) is 34.6 Å². The van der Waals surface area contributed by atoms with E-state index in [0.717, 1.165) is 0 Å². The number of rotatable bonds is 5. The van der Waals surface area contributed by atoms with E-state index >= 15 is 0 Å². The summed E-state index contributed by atoms with van der Waals surface area (Å²) < 4.78 is 13.7. The van der Waals surface area contributed by atoms with Gasteiger partial charge in [0.15, 0.2) is 0 Å². The summed E-state index contributed by atoms with van der Waals surface area (Å²) in [6, 6.07) is 3.34. The minimum atomic E-state index is -0.590. The second-order valence-corrected chi connectivity index (χ2v) is 5.51. The molecule has 0 saturated carbocycles. The molecule has 0 aliphatic carbocycles. The van der Waals surface area contributed by atoms with E-state index in [1.165, 1.54) is 12.1 Å². The lowest BCUT2D eigenvalue weighted by Crippen LogP contribution is -2.42. The second kappa shape index (κ2) is 6.87. The largest absolute Gasteiger partial charge is 0.348 e. The molecule has 3 nitrogen and oxygen atoms in total. The molecule has 0 radical (unpaired) electrons. The summed E-state index contributed by atoms with van der Waals surface area (Å²) in [6.07, 6.45) is 0.587. The van der Waals surface area contributed by atoms with Gasteiger partial charge in [0.1, 0.15) is 5.82 Å². The number of nitrogens with two attached hydrogens (primary N) is 1. The maximum Gasteiger partial charge on any atom is 0.237 e. The molecule has 0 bridgehead atoms. The van der Waals surface area contributed by atoms with Gasteiger partial charge in [0.25, 0.3) is 0 Å². The minimum Gasteiger partial charge on any atom is -0.348 e. The highest BCUT2D eigenvalue weighted by Gasteiger charge is 2.20. The fourth-order valence-corrected chi connectivity index (χ4v) is 2.26. The first-order valence-electron chi connectivity index (χ1n) is 6.32. The van der Waals surface area contributed by atoms with E-state index in [-0.39, 0.29) is 11.5 Å². The average molecular weight is 287 g/mol. The predicted molar refractivity (Wildman–Crippen MR) is 75.4 cm³/mol. The normalized spacial score (nSPS) is 14.3. The maximum absolute atomic E-state index is 13.7. The molecule has 1 aromatic rings. The van der Waals surface area contributed by atoms with E-state index in [1.54, 1.807) is 13.0 Å². The molecule has 5 heteroatoms. The van der Waals surface area contributed by atoms with Crippen LogP contribution in [0.15, 0.2) is 18.2 Å². The van der Waals surface area contributed by atoms with Gasteiger partial charge in [-0.3, -0.25) is 4.79 Å². The van der Waals surface area contributed by atoms with Gasteiger partial charge in [-0.15, -0.1) is 0 Å².